The summed E-state index contributed by atoms with van der Waals surface area (Å²) in [7, 11) is 3.48. The third-order valence-electron chi connectivity index (χ3n) is 2.48. The number of pyridine rings is 1. The highest BCUT2D eigenvalue weighted by Gasteiger charge is 2.08. The molecule has 0 spiro atoms. The van der Waals surface area contributed by atoms with Crippen molar-refractivity contribution in [2.45, 2.75) is 6.92 Å². The first-order valence-electron chi connectivity index (χ1n) is 4.98. The Hall–Kier alpha value is -1.48. The summed E-state index contributed by atoms with van der Waals surface area (Å²) < 4.78 is 5.17. The lowest BCUT2D eigenvalue weighted by atomic mass is 10.1. The lowest BCUT2D eigenvalue weighted by Gasteiger charge is -2.10. The van der Waals surface area contributed by atoms with Gasteiger partial charge in [-0.3, -0.25) is 4.98 Å². The zero-order valence-corrected chi connectivity index (χ0v) is 10.2. The maximum atomic E-state index is 6.09. The number of rotatable bonds is 2. The first-order valence-corrected chi connectivity index (χ1v) is 5.36. The van der Waals surface area contributed by atoms with Crippen LogP contribution in [0.5, 0.6) is 5.75 Å². The SMILES string of the molecule is CNc1cc(C)nc2cc(OC)c(Cl)cc12. The fourth-order valence-corrected chi connectivity index (χ4v) is 1.96. The topological polar surface area (TPSA) is 34.2 Å². The summed E-state index contributed by atoms with van der Waals surface area (Å²) >= 11 is 6.09. The van der Waals surface area contributed by atoms with Crippen LogP contribution in [-0.2, 0) is 0 Å². The Bertz CT molecular complexity index is 540. The molecule has 0 aliphatic heterocycles. The third-order valence-corrected chi connectivity index (χ3v) is 2.78. The maximum Gasteiger partial charge on any atom is 0.139 e. The van der Waals surface area contributed by atoms with Gasteiger partial charge in [0.25, 0.3) is 0 Å². The molecule has 3 nitrogen and oxygen atoms in total. The first kappa shape index (κ1) is 11.0. The van der Waals surface area contributed by atoms with E-state index in [4.69, 9.17) is 16.3 Å². The van der Waals surface area contributed by atoms with Gasteiger partial charge in [0.05, 0.1) is 17.6 Å². The number of anilines is 1. The number of nitrogens with zero attached hydrogens (tertiary/aromatic N) is 1. The predicted molar refractivity (Wildman–Crippen MR) is 67.6 cm³/mol. The van der Waals surface area contributed by atoms with Gasteiger partial charge in [-0.15, -0.1) is 0 Å². The van der Waals surface area contributed by atoms with Crippen molar-refractivity contribution in [1.82, 2.24) is 4.98 Å². The molecule has 84 valence electrons. The van der Waals surface area contributed by atoms with Crippen LogP contribution in [0.1, 0.15) is 5.69 Å². The Labute approximate surface area is 99.4 Å². The standard InChI is InChI=1S/C12H13ClN2O/c1-7-4-10(14-2)8-5-9(13)12(16-3)6-11(8)15-7/h4-6H,1-3H3,(H,14,15). The molecular weight excluding hydrogens is 224 g/mol. The smallest absolute Gasteiger partial charge is 0.139 e. The monoisotopic (exact) mass is 236 g/mol. The van der Waals surface area contributed by atoms with E-state index in [0.717, 1.165) is 22.3 Å². The summed E-state index contributed by atoms with van der Waals surface area (Å²) in [6.45, 7) is 1.96. The van der Waals surface area contributed by atoms with Crippen LogP contribution in [0.3, 0.4) is 0 Å². The molecule has 1 aromatic carbocycles. The van der Waals surface area contributed by atoms with Gasteiger partial charge in [-0.05, 0) is 19.1 Å². The molecule has 2 rings (SSSR count). The van der Waals surface area contributed by atoms with E-state index in [-0.39, 0.29) is 0 Å². The molecule has 4 heteroatoms. The Kier molecular flexibility index (Phi) is 2.88. The molecule has 0 amide bonds. The van der Waals surface area contributed by atoms with Gasteiger partial charge in [0.1, 0.15) is 5.75 Å². The summed E-state index contributed by atoms with van der Waals surface area (Å²) in [4.78, 5) is 4.46. The Morgan fingerprint density at radius 2 is 2.06 bits per heavy atom. The summed E-state index contributed by atoms with van der Waals surface area (Å²) in [5.74, 6) is 0.648. The van der Waals surface area contributed by atoms with Crippen LogP contribution >= 0.6 is 11.6 Å². The number of hydrogen-bond acceptors (Lipinski definition) is 3. The third kappa shape index (κ3) is 1.78. The van der Waals surface area contributed by atoms with Gasteiger partial charge in [0, 0.05) is 29.9 Å². The van der Waals surface area contributed by atoms with Crippen LogP contribution in [0.25, 0.3) is 10.9 Å². The van der Waals surface area contributed by atoms with Gasteiger partial charge >= 0.3 is 0 Å². The van der Waals surface area contributed by atoms with Crippen LogP contribution in [0.4, 0.5) is 5.69 Å². The van der Waals surface area contributed by atoms with Crippen molar-refractivity contribution < 1.29 is 4.74 Å². The molecule has 1 N–H and O–H groups in total. The second-order valence-electron chi connectivity index (χ2n) is 3.57. The zero-order valence-electron chi connectivity index (χ0n) is 9.47. The summed E-state index contributed by atoms with van der Waals surface area (Å²) in [5, 5.41) is 4.73. The molecule has 2 aromatic rings. The van der Waals surface area contributed by atoms with E-state index in [1.54, 1.807) is 7.11 Å². The molecule has 0 aliphatic rings. The quantitative estimate of drug-likeness (QED) is 0.869. The van der Waals surface area contributed by atoms with Crippen molar-refractivity contribution in [3.05, 3.63) is 28.9 Å². The molecule has 1 heterocycles. The molecule has 0 radical (unpaired) electrons. The van der Waals surface area contributed by atoms with E-state index in [1.807, 2.05) is 32.2 Å². The average Bonchev–Trinajstić information content (AvgIpc) is 2.28. The van der Waals surface area contributed by atoms with E-state index in [2.05, 4.69) is 10.3 Å². The summed E-state index contributed by atoms with van der Waals surface area (Å²) in [5.41, 5.74) is 2.86. The van der Waals surface area contributed by atoms with E-state index in [9.17, 15) is 0 Å². The molecule has 16 heavy (non-hydrogen) atoms. The maximum absolute atomic E-state index is 6.09. The highest BCUT2D eigenvalue weighted by atomic mass is 35.5. The molecule has 0 aliphatic carbocycles. The lowest BCUT2D eigenvalue weighted by molar-refractivity contribution is 0.415. The molecule has 0 atom stereocenters. The second kappa shape index (κ2) is 4.18. The molecule has 0 saturated carbocycles. The van der Waals surface area contributed by atoms with Gasteiger partial charge in [-0.1, -0.05) is 11.6 Å². The number of methoxy groups -OCH3 is 1. The molecule has 0 bridgehead atoms. The van der Waals surface area contributed by atoms with Crippen molar-refractivity contribution in [3.63, 3.8) is 0 Å². The minimum absolute atomic E-state index is 0.595. The number of halogens is 1. The Morgan fingerprint density at radius 3 is 2.69 bits per heavy atom. The van der Waals surface area contributed by atoms with Crippen LogP contribution in [0.2, 0.25) is 5.02 Å². The van der Waals surface area contributed by atoms with Crippen LogP contribution < -0.4 is 10.1 Å². The van der Waals surface area contributed by atoms with Crippen molar-refractivity contribution >= 4 is 28.2 Å². The van der Waals surface area contributed by atoms with E-state index in [0.29, 0.717) is 10.8 Å². The van der Waals surface area contributed by atoms with Gasteiger partial charge in [0.2, 0.25) is 0 Å². The first-order chi connectivity index (χ1) is 7.65. The molecule has 1 aromatic heterocycles. The number of aromatic nitrogens is 1. The number of nitrogens with one attached hydrogen (secondary N) is 1. The zero-order chi connectivity index (χ0) is 11.7. The largest absolute Gasteiger partial charge is 0.495 e. The Morgan fingerprint density at radius 1 is 1.31 bits per heavy atom. The molecule has 0 fully saturated rings. The van der Waals surface area contributed by atoms with Crippen LogP contribution in [0.15, 0.2) is 18.2 Å². The molecular formula is C12H13ClN2O. The van der Waals surface area contributed by atoms with Crippen LogP contribution in [0, 0.1) is 6.92 Å². The molecule has 0 saturated heterocycles. The minimum Gasteiger partial charge on any atom is -0.495 e. The number of hydrogen-bond donors (Lipinski definition) is 1. The molecule has 0 unspecified atom stereocenters. The van der Waals surface area contributed by atoms with Crippen molar-refractivity contribution in [2.24, 2.45) is 0 Å². The van der Waals surface area contributed by atoms with E-state index in [1.165, 1.54) is 0 Å². The van der Waals surface area contributed by atoms with Gasteiger partial charge in [0.15, 0.2) is 0 Å². The van der Waals surface area contributed by atoms with E-state index < -0.39 is 0 Å². The van der Waals surface area contributed by atoms with E-state index >= 15 is 0 Å². The summed E-state index contributed by atoms with van der Waals surface area (Å²) in [6, 6.07) is 5.71. The Balaban J connectivity index is 2.79. The van der Waals surface area contributed by atoms with Crippen molar-refractivity contribution in [3.8, 4) is 5.75 Å². The highest BCUT2D eigenvalue weighted by molar-refractivity contribution is 6.33. The number of benzene rings is 1. The summed E-state index contributed by atoms with van der Waals surface area (Å²) in [6.07, 6.45) is 0. The fourth-order valence-electron chi connectivity index (χ4n) is 1.72. The number of aryl methyl sites for hydroxylation is 1. The van der Waals surface area contributed by atoms with Crippen molar-refractivity contribution in [1.29, 1.82) is 0 Å². The number of ether oxygens (including phenoxy) is 1. The highest BCUT2D eigenvalue weighted by Crippen LogP contribution is 2.32. The minimum atomic E-state index is 0.595. The lowest BCUT2D eigenvalue weighted by Crippen LogP contribution is -1.94. The number of fused-ring (bicyclic) bond motifs is 1. The van der Waals surface area contributed by atoms with Gasteiger partial charge < -0.3 is 10.1 Å². The normalized spacial score (nSPS) is 10.5. The average molecular weight is 237 g/mol. The van der Waals surface area contributed by atoms with Crippen molar-refractivity contribution in [2.75, 3.05) is 19.5 Å². The van der Waals surface area contributed by atoms with Gasteiger partial charge in [-0.2, -0.15) is 0 Å². The predicted octanol–water partition coefficient (Wildman–Crippen LogP) is 3.25. The second-order valence-corrected chi connectivity index (χ2v) is 3.97. The fraction of sp³-hybridized carbons (Fsp3) is 0.250. The van der Waals surface area contributed by atoms with Gasteiger partial charge in [-0.25, -0.2) is 0 Å². The van der Waals surface area contributed by atoms with Crippen LogP contribution in [-0.4, -0.2) is 19.1 Å².